The predicted octanol–water partition coefficient (Wildman–Crippen LogP) is 5.15. The maximum Gasteiger partial charge on any atom is 0.227 e. The van der Waals surface area contributed by atoms with Crippen LogP contribution in [0.15, 0.2) is 55.1 Å². The second-order valence-electron chi connectivity index (χ2n) is 11.0. The van der Waals surface area contributed by atoms with Crippen LogP contribution in [0, 0.1) is 23.6 Å². The Bertz CT molecular complexity index is 1280. The van der Waals surface area contributed by atoms with Crippen molar-refractivity contribution in [2.75, 3.05) is 37.7 Å². The molecule has 2 aliphatic heterocycles. The number of carbonyl (C=O) groups is 1. The van der Waals surface area contributed by atoms with Crippen LogP contribution < -0.4 is 9.64 Å². The number of carbonyl (C=O) groups excluding carboxylic acids is 1. The van der Waals surface area contributed by atoms with Crippen LogP contribution in [0.25, 0.3) is 0 Å². The van der Waals surface area contributed by atoms with Gasteiger partial charge >= 0.3 is 0 Å². The standard InChI is InChI=1S/C30H33ClFN5O2/c31-25-16-34-30(35-17-25)36-9-5-20(6-10-36)27-12-21(27)7-11-39-26-4-3-22(28(32)14-26)13-29(38)37-18-24(19-37)23-2-1-8-33-15-23/h1-4,8,14-17,20-21,24,27H,5-7,9-13,18-19H2/t21-,27?/m1/s1. The van der Waals surface area contributed by atoms with Crippen LogP contribution in [0.1, 0.15) is 42.7 Å². The van der Waals surface area contributed by atoms with Crippen LogP contribution in [-0.2, 0) is 11.2 Å². The molecule has 2 saturated heterocycles. The van der Waals surface area contributed by atoms with Crippen LogP contribution in [-0.4, -0.2) is 58.5 Å². The number of hydrogen-bond donors (Lipinski definition) is 0. The first-order valence-electron chi connectivity index (χ1n) is 13.8. The first kappa shape index (κ1) is 26.0. The summed E-state index contributed by atoms with van der Waals surface area (Å²) in [6.07, 6.45) is 11.5. The maximum atomic E-state index is 14.7. The lowest BCUT2D eigenvalue weighted by atomic mass is 9.90. The van der Waals surface area contributed by atoms with Crippen molar-refractivity contribution < 1.29 is 13.9 Å². The van der Waals surface area contributed by atoms with E-state index in [1.165, 1.54) is 12.5 Å². The molecule has 6 rings (SSSR count). The number of rotatable bonds is 9. The Labute approximate surface area is 233 Å². The highest BCUT2D eigenvalue weighted by atomic mass is 35.5. The molecule has 9 heteroatoms. The second-order valence-corrected chi connectivity index (χ2v) is 11.5. The third-order valence-corrected chi connectivity index (χ3v) is 8.72. The number of anilines is 1. The molecule has 39 heavy (non-hydrogen) atoms. The van der Waals surface area contributed by atoms with Crippen molar-refractivity contribution in [3.63, 3.8) is 0 Å². The molecular formula is C30H33ClFN5O2. The molecule has 0 bridgehead atoms. The molecule has 1 unspecified atom stereocenters. The van der Waals surface area contributed by atoms with Crippen molar-refractivity contribution >= 4 is 23.5 Å². The fourth-order valence-electron chi connectivity index (χ4n) is 6.05. The van der Waals surface area contributed by atoms with Crippen molar-refractivity contribution in [1.82, 2.24) is 19.9 Å². The lowest BCUT2D eigenvalue weighted by molar-refractivity contribution is -0.134. The van der Waals surface area contributed by atoms with E-state index in [0.29, 0.717) is 47.9 Å². The molecule has 3 fully saturated rings. The Kier molecular flexibility index (Phi) is 7.64. The van der Waals surface area contributed by atoms with Gasteiger partial charge in [-0.05, 0) is 66.7 Å². The van der Waals surface area contributed by atoms with Crippen molar-refractivity contribution in [2.24, 2.45) is 17.8 Å². The number of piperidine rings is 1. The molecule has 1 aliphatic carbocycles. The summed E-state index contributed by atoms with van der Waals surface area (Å²) in [5.74, 6) is 3.34. The number of likely N-dealkylation sites (tertiary alicyclic amines) is 1. The highest BCUT2D eigenvalue weighted by Gasteiger charge is 2.43. The zero-order valence-corrected chi connectivity index (χ0v) is 22.6. The quantitative estimate of drug-likeness (QED) is 0.367. The molecule has 4 heterocycles. The van der Waals surface area contributed by atoms with Crippen LogP contribution in [0.3, 0.4) is 0 Å². The molecule has 0 radical (unpaired) electrons. The number of ether oxygens (including phenoxy) is 1. The van der Waals surface area contributed by atoms with E-state index in [2.05, 4.69) is 19.9 Å². The summed E-state index contributed by atoms with van der Waals surface area (Å²) in [6, 6.07) is 8.81. The number of aromatic nitrogens is 3. The minimum Gasteiger partial charge on any atom is -0.493 e. The van der Waals surface area contributed by atoms with Gasteiger partial charge in [-0.1, -0.05) is 23.7 Å². The molecule has 3 aliphatic rings. The minimum atomic E-state index is -0.383. The molecule has 2 atom stereocenters. The predicted molar refractivity (Wildman–Crippen MR) is 147 cm³/mol. The molecule has 1 amide bonds. The summed E-state index contributed by atoms with van der Waals surface area (Å²) in [5.41, 5.74) is 1.55. The summed E-state index contributed by atoms with van der Waals surface area (Å²) in [5, 5.41) is 0.559. The topological polar surface area (TPSA) is 71.5 Å². The van der Waals surface area contributed by atoms with Gasteiger partial charge in [-0.3, -0.25) is 9.78 Å². The average Bonchev–Trinajstić information content (AvgIpc) is 3.70. The second kappa shape index (κ2) is 11.5. The Morgan fingerprint density at radius 1 is 1.10 bits per heavy atom. The highest BCUT2D eigenvalue weighted by molar-refractivity contribution is 6.30. The minimum absolute atomic E-state index is 0.0472. The monoisotopic (exact) mass is 549 g/mol. The first-order valence-corrected chi connectivity index (χ1v) is 14.2. The van der Waals surface area contributed by atoms with Crippen LogP contribution in [0.4, 0.5) is 10.3 Å². The molecule has 0 spiro atoms. The van der Waals surface area contributed by atoms with Crippen molar-refractivity contribution in [3.05, 3.63) is 77.1 Å². The third-order valence-electron chi connectivity index (χ3n) is 8.53. The molecule has 1 saturated carbocycles. The molecule has 7 nitrogen and oxygen atoms in total. The average molecular weight is 550 g/mol. The van der Waals surface area contributed by atoms with Gasteiger partial charge in [0, 0.05) is 50.6 Å². The van der Waals surface area contributed by atoms with E-state index >= 15 is 0 Å². The maximum absolute atomic E-state index is 14.7. The largest absolute Gasteiger partial charge is 0.493 e. The number of nitrogens with zero attached hydrogens (tertiary/aromatic N) is 5. The van der Waals surface area contributed by atoms with E-state index in [1.807, 2.05) is 18.3 Å². The van der Waals surface area contributed by atoms with E-state index in [1.54, 1.807) is 35.6 Å². The number of halogens is 2. The van der Waals surface area contributed by atoms with Crippen molar-refractivity contribution in [3.8, 4) is 5.75 Å². The molecule has 3 aromatic rings. The van der Waals surface area contributed by atoms with Gasteiger partial charge in [0.05, 0.1) is 30.4 Å². The van der Waals surface area contributed by atoms with Gasteiger partial charge < -0.3 is 14.5 Å². The lowest BCUT2D eigenvalue weighted by Crippen LogP contribution is -2.49. The fraction of sp³-hybridized carbons (Fsp3) is 0.467. The van der Waals surface area contributed by atoms with Gasteiger partial charge in [-0.2, -0.15) is 0 Å². The van der Waals surface area contributed by atoms with E-state index in [9.17, 15) is 9.18 Å². The summed E-state index contributed by atoms with van der Waals surface area (Å²) in [7, 11) is 0. The molecule has 2 aromatic heterocycles. The number of amides is 1. The number of pyridine rings is 1. The van der Waals surface area contributed by atoms with E-state index in [0.717, 1.165) is 55.7 Å². The van der Waals surface area contributed by atoms with E-state index < -0.39 is 0 Å². The van der Waals surface area contributed by atoms with Gasteiger partial charge in [0.2, 0.25) is 11.9 Å². The van der Waals surface area contributed by atoms with Crippen LogP contribution >= 0.6 is 11.6 Å². The summed E-state index contributed by atoms with van der Waals surface area (Å²) in [6.45, 7) is 3.85. The van der Waals surface area contributed by atoms with Gasteiger partial charge in [0.15, 0.2) is 0 Å². The van der Waals surface area contributed by atoms with Gasteiger partial charge in [0.1, 0.15) is 11.6 Å². The Morgan fingerprint density at radius 3 is 2.62 bits per heavy atom. The molecular weight excluding hydrogens is 517 g/mol. The van der Waals surface area contributed by atoms with E-state index in [-0.39, 0.29) is 18.1 Å². The van der Waals surface area contributed by atoms with Gasteiger partial charge in [-0.25, -0.2) is 14.4 Å². The molecule has 204 valence electrons. The Hall–Kier alpha value is -3.26. The van der Waals surface area contributed by atoms with Crippen molar-refractivity contribution in [2.45, 2.75) is 38.0 Å². The van der Waals surface area contributed by atoms with Gasteiger partial charge in [0.25, 0.3) is 0 Å². The smallest absolute Gasteiger partial charge is 0.227 e. The highest BCUT2D eigenvalue weighted by Crippen LogP contribution is 2.49. The summed E-state index contributed by atoms with van der Waals surface area (Å²) < 4.78 is 20.6. The van der Waals surface area contributed by atoms with Crippen LogP contribution in [0.2, 0.25) is 5.02 Å². The SMILES string of the molecule is O=C(Cc1ccc(OCC[C@@H]2CC2C2CCN(c3ncc(Cl)cn3)CC2)cc1F)N1CC(c2cccnc2)C1. The number of hydrogen-bond acceptors (Lipinski definition) is 6. The summed E-state index contributed by atoms with van der Waals surface area (Å²) >= 11 is 5.90. The zero-order chi connectivity index (χ0) is 26.8. The first-order chi connectivity index (χ1) is 19.0. The van der Waals surface area contributed by atoms with Gasteiger partial charge in [-0.15, -0.1) is 0 Å². The normalized spacial score (nSPS) is 21.5. The summed E-state index contributed by atoms with van der Waals surface area (Å²) in [4.78, 5) is 29.5. The fourth-order valence-corrected chi connectivity index (χ4v) is 6.15. The molecule has 1 aromatic carbocycles. The van der Waals surface area contributed by atoms with Crippen molar-refractivity contribution in [1.29, 1.82) is 0 Å². The Morgan fingerprint density at radius 2 is 1.90 bits per heavy atom. The third kappa shape index (κ3) is 6.16. The zero-order valence-electron chi connectivity index (χ0n) is 21.9. The lowest BCUT2D eigenvalue weighted by Gasteiger charge is -2.39. The van der Waals surface area contributed by atoms with Crippen LogP contribution in [0.5, 0.6) is 5.75 Å². The molecule has 0 N–H and O–H groups in total. The Balaban J connectivity index is 0.900. The number of benzene rings is 1. The van der Waals surface area contributed by atoms with E-state index in [4.69, 9.17) is 16.3 Å².